The maximum Gasteiger partial charge on any atom is 0.317 e. The van der Waals surface area contributed by atoms with E-state index in [0.717, 1.165) is 12.5 Å². The second-order valence-electron chi connectivity index (χ2n) is 28.3. The molecule has 5 aliphatic carbocycles. The van der Waals surface area contributed by atoms with Gasteiger partial charge >= 0.3 is 17.9 Å². The summed E-state index contributed by atoms with van der Waals surface area (Å²) in [4.78, 5) is 41.8. The van der Waals surface area contributed by atoms with Gasteiger partial charge in [0.15, 0.2) is 37.4 Å². The number of hydrogen-bond donors (Lipinski definition) is 15. The second-order valence-corrected chi connectivity index (χ2v) is 28.3. The lowest BCUT2D eigenvalue weighted by atomic mass is 9.33. The molecule has 10 aliphatic rings. The van der Waals surface area contributed by atoms with Crippen LogP contribution in [0.5, 0.6) is 0 Å². The third-order valence-electron chi connectivity index (χ3n) is 22.7. The molecule has 0 aromatic heterocycles. The van der Waals surface area contributed by atoms with Crippen LogP contribution < -0.4 is 0 Å². The highest BCUT2D eigenvalue weighted by Crippen LogP contribution is 2.76. The van der Waals surface area contributed by atoms with Gasteiger partial charge in [-0.1, -0.05) is 46.3 Å². The van der Waals surface area contributed by atoms with Crippen LogP contribution in [0, 0.1) is 50.2 Å². The highest BCUT2D eigenvalue weighted by Gasteiger charge is 2.74. The standard InChI is InChI=1S/C59H92O29/c1-22-42(82-23(2)61)44(85-48-39(72)35(68)28(64)20-79-48)41(74)50(81-22)86-45-36(69)29(65)21-80-51(45)88-53(77)59-14-13-54(3,4)15-25(59)24-9-10-31-55(5)16-26(62)46(58(8,52(75)76)32(55)11-12-56(31,6)57(24,7)17-33(59)66)87-49-40(73)37(70)43(30(18-60)83-49)84-47-38(71)34(67)27(63)19-78-47/h9,22,25-51,60,62-74H,10-21H2,1-8H3,(H,75,76)/t22-,25?,26-,27+,28+,29+,30+,31?,32?,33+,34-,35+,36+,37+,38+,39-,40+,41+,42-,43+,44-,45-,46-,47-,48-,49-,50-,51-,55+,56+,57+,58-,59+/m0/s1. The van der Waals surface area contributed by atoms with Crippen molar-refractivity contribution in [3.63, 3.8) is 0 Å². The van der Waals surface area contributed by atoms with Gasteiger partial charge in [-0.2, -0.15) is 0 Å². The Balaban J connectivity index is 0.897. The SMILES string of the molecule is CC(=O)O[C@@H]1[C@@H](O[C@@H]2OC[C@@H](O)[C@@H](O)[C@@H]2O)[C@@H](O)[C@H](O[C@@H]2[C@H](OC(=O)[C@]34CCC(C)(C)CC3C3=CCC5[C@@]6(C)C[C@H](O)[C@H](O[C@@H]7O[C@H](CO)[C@@H](O[C@@H]8OC[C@@H](O)[C@H](O)[C@H]8O)[C@H](O)[C@H]7O)[C@@](C)(C(=O)O)C6CC[C@@]5(C)[C@]3(C)C[C@H]4O)OC[C@@H](O)[C@H]2O)O[C@H]1C. The average Bonchev–Trinajstić information content (AvgIpc) is 0.674. The first-order valence-electron chi connectivity index (χ1n) is 30.7. The van der Waals surface area contributed by atoms with E-state index in [1.165, 1.54) is 13.8 Å². The lowest BCUT2D eigenvalue weighted by Gasteiger charge is -2.71. The Morgan fingerprint density at radius 2 is 1.12 bits per heavy atom. The zero-order valence-corrected chi connectivity index (χ0v) is 50.7. The maximum atomic E-state index is 15.5. The fourth-order valence-electron chi connectivity index (χ4n) is 17.6. The Bertz CT molecular complexity index is 2560. The van der Waals surface area contributed by atoms with E-state index in [2.05, 4.69) is 33.8 Å². The smallest absolute Gasteiger partial charge is 0.317 e. The van der Waals surface area contributed by atoms with Crippen molar-refractivity contribution < 1.29 is 143 Å². The number of carbonyl (C=O) groups is 3. The molecule has 4 saturated carbocycles. The van der Waals surface area contributed by atoms with Gasteiger partial charge in [0.1, 0.15) is 97.0 Å². The Morgan fingerprint density at radius 3 is 1.72 bits per heavy atom. The van der Waals surface area contributed by atoms with Crippen LogP contribution in [0.15, 0.2) is 11.6 Å². The second kappa shape index (κ2) is 24.9. The third kappa shape index (κ3) is 11.2. The van der Waals surface area contributed by atoms with Crippen LogP contribution in [0.3, 0.4) is 0 Å². The number of carboxylic acids is 1. The third-order valence-corrected chi connectivity index (χ3v) is 22.7. The first-order valence-corrected chi connectivity index (χ1v) is 30.7. The van der Waals surface area contributed by atoms with E-state index < -0.39 is 237 Å². The summed E-state index contributed by atoms with van der Waals surface area (Å²) in [5.74, 6) is -4.75. The molecule has 502 valence electrons. The topological polar surface area (TPSA) is 456 Å². The molecular formula is C59H92O29. The molecule has 5 aliphatic heterocycles. The van der Waals surface area contributed by atoms with Gasteiger partial charge < -0.3 is 129 Å². The van der Waals surface area contributed by atoms with Crippen LogP contribution in [0.2, 0.25) is 0 Å². The van der Waals surface area contributed by atoms with Crippen molar-refractivity contribution in [2.75, 3.05) is 26.4 Å². The molecule has 0 radical (unpaired) electrons. The number of carboxylic acid groups (broad SMARTS) is 1. The molecule has 10 rings (SSSR count). The highest BCUT2D eigenvalue weighted by atomic mass is 16.8. The van der Waals surface area contributed by atoms with Crippen LogP contribution in [0.4, 0.5) is 0 Å². The van der Waals surface area contributed by atoms with E-state index >= 15 is 4.79 Å². The lowest BCUT2D eigenvalue weighted by molar-refractivity contribution is -0.371. The van der Waals surface area contributed by atoms with Gasteiger partial charge in [0, 0.05) is 6.92 Å². The Kier molecular flexibility index (Phi) is 19.2. The van der Waals surface area contributed by atoms with Gasteiger partial charge in [0.05, 0.1) is 50.2 Å². The molecule has 29 nitrogen and oxygen atoms in total. The number of aliphatic hydroxyl groups excluding tert-OH is 14. The molecule has 9 fully saturated rings. The summed E-state index contributed by atoms with van der Waals surface area (Å²) < 4.78 is 64.4. The fourth-order valence-corrected chi connectivity index (χ4v) is 17.6. The molecule has 88 heavy (non-hydrogen) atoms. The van der Waals surface area contributed by atoms with Crippen molar-refractivity contribution in [3.8, 4) is 0 Å². The number of allylic oxidation sites excluding steroid dienone is 2. The van der Waals surface area contributed by atoms with Crippen LogP contribution in [0.1, 0.15) is 107 Å². The molecule has 0 spiro atoms. The highest BCUT2D eigenvalue weighted by molar-refractivity contribution is 5.80. The number of aliphatic carboxylic acids is 1. The zero-order valence-electron chi connectivity index (χ0n) is 50.7. The summed E-state index contributed by atoms with van der Waals surface area (Å²) in [6, 6.07) is 0. The molecule has 15 N–H and O–H groups in total. The van der Waals surface area contributed by atoms with Crippen molar-refractivity contribution in [1.82, 2.24) is 0 Å². The van der Waals surface area contributed by atoms with Gasteiger partial charge in [0.25, 0.3) is 0 Å². The molecule has 0 amide bonds. The predicted molar refractivity (Wildman–Crippen MR) is 290 cm³/mol. The van der Waals surface area contributed by atoms with Gasteiger partial charge in [-0.05, 0) is 105 Å². The van der Waals surface area contributed by atoms with Crippen molar-refractivity contribution >= 4 is 17.9 Å². The van der Waals surface area contributed by atoms with Crippen LogP contribution >= 0.6 is 0 Å². The number of fused-ring (bicyclic) bond motifs is 7. The van der Waals surface area contributed by atoms with Crippen LogP contribution in [-0.4, -0.2) is 274 Å². The first kappa shape index (κ1) is 68.1. The first-order chi connectivity index (χ1) is 41.1. The van der Waals surface area contributed by atoms with E-state index in [-0.39, 0.29) is 37.0 Å². The predicted octanol–water partition coefficient (Wildman–Crippen LogP) is -3.69. The van der Waals surface area contributed by atoms with Crippen molar-refractivity contribution in [3.05, 3.63) is 11.6 Å². The van der Waals surface area contributed by atoms with Gasteiger partial charge in [-0.3, -0.25) is 14.4 Å². The minimum absolute atomic E-state index is 0.00766. The molecule has 29 heteroatoms. The van der Waals surface area contributed by atoms with Gasteiger partial charge in [0.2, 0.25) is 6.29 Å². The Hall–Kier alpha value is -2.77. The quantitative estimate of drug-likeness (QED) is 0.0480. The monoisotopic (exact) mass is 1260 g/mol. The number of aliphatic hydroxyl groups is 14. The molecule has 3 unspecified atom stereocenters. The molecule has 5 heterocycles. The fraction of sp³-hybridized carbons (Fsp3) is 0.915. The number of hydrogen-bond acceptors (Lipinski definition) is 28. The molecular weight excluding hydrogens is 1170 g/mol. The van der Waals surface area contributed by atoms with E-state index in [1.54, 1.807) is 0 Å². The zero-order chi connectivity index (χ0) is 64.4. The summed E-state index contributed by atoms with van der Waals surface area (Å²) in [6.45, 7) is 12.0. The molecule has 0 aromatic carbocycles. The summed E-state index contributed by atoms with van der Waals surface area (Å²) in [7, 11) is 0. The Labute approximate surface area is 508 Å². The molecule has 0 bridgehead atoms. The Morgan fingerprint density at radius 1 is 0.568 bits per heavy atom. The van der Waals surface area contributed by atoms with Crippen molar-refractivity contribution in [2.24, 2.45) is 50.2 Å². The minimum Gasteiger partial charge on any atom is -0.481 e. The van der Waals surface area contributed by atoms with E-state index in [0.29, 0.717) is 25.7 Å². The molecule has 0 aromatic rings. The largest absolute Gasteiger partial charge is 0.481 e. The summed E-state index contributed by atoms with van der Waals surface area (Å²) in [6.07, 6.45) is -37.3. The summed E-state index contributed by atoms with van der Waals surface area (Å²) in [5.41, 5.74) is -5.55. The maximum absolute atomic E-state index is 15.5. The van der Waals surface area contributed by atoms with Gasteiger partial charge in [-0.25, -0.2) is 0 Å². The van der Waals surface area contributed by atoms with E-state index in [9.17, 15) is 86.2 Å². The van der Waals surface area contributed by atoms with Crippen molar-refractivity contribution in [1.29, 1.82) is 0 Å². The average molecular weight is 1270 g/mol. The summed E-state index contributed by atoms with van der Waals surface area (Å²) >= 11 is 0. The van der Waals surface area contributed by atoms with Gasteiger partial charge in [-0.15, -0.1) is 0 Å². The normalized spacial score (nSPS) is 53.6. The van der Waals surface area contributed by atoms with Crippen LogP contribution in [-0.2, 0) is 66.5 Å². The number of esters is 2. The number of rotatable bonds is 13. The minimum atomic E-state index is -1.97. The number of carbonyl (C=O) groups excluding carboxylic acids is 2. The van der Waals surface area contributed by atoms with Crippen molar-refractivity contribution in [2.45, 2.75) is 260 Å². The van der Waals surface area contributed by atoms with E-state index in [4.69, 9.17) is 52.1 Å². The lowest BCUT2D eigenvalue weighted by Crippen LogP contribution is -2.71. The van der Waals surface area contributed by atoms with E-state index in [1.807, 2.05) is 6.92 Å². The van der Waals surface area contributed by atoms with Crippen LogP contribution in [0.25, 0.3) is 0 Å². The molecule has 5 saturated heterocycles. The number of ether oxygens (including phenoxy) is 11. The summed E-state index contributed by atoms with van der Waals surface area (Å²) in [5, 5.41) is 166. The molecule has 33 atom stereocenters.